The van der Waals surface area contributed by atoms with E-state index in [0.717, 1.165) is 17.1 Å². The summed E-state index contributed by atoms with van der Waals surface area (Å²) in [6.45, 7) is 0. The molecular formula is C30H26N4Si. The predicted molar refractivity (Wildman–Crippen MR) is 146 cm³/mol. The minimum Gasteiger partial charge on any atom is -0.345 e. The number of benzene rings is 3. The molecule has 0 saturated carbocycles. The van der Waals surface area contributed by atoms with Crippen LogP contribution in [0.5, 0.6) is 0 Å². The van der Waals surface area contributed by atoms with Crippen molar-refractivity contribution < 1.29 is 0 Å². The van der Waals surface area contributed by atoms with E-state index in [9.17, 15) is 0 Å². The third-order valence-electron chi connectivity index (χ3n) is 7.71. The van der Waals surface area contributed by atoms with Gasteiger partial charge in [0, 0.05) is 45.9 Å². The average Bonchev–Trinajstić information content (AvgIpc) is 3.69. The lowest BCUT2D eigenvalue weighted by Gasteiger charge is -2.27. The Kier molecular flexibility index (Phi) is 4.70. The van der Waals surface area contributed by atoms with Crippen LogP contribution in [0.4, 0.5) is 0 Å². The summed E-state index contributed by atoms with van der Waals surface area (Å²) >= 11 is 0. The molecule has 3 aromatic carbocycles. The number of aromatic amines is 1. The number of fused-ring (bicyclic) bond motifs is 3. The Bertz CT molecular complexity index is 1640. The molecule has 0 bridgehead atoms. The second-order valence-electron chi connectivity index (χ2n) is 9.58. The van der Waals surface area contributed by atoms with Gasteiger partial charge >= 0.3 is 0 Å². The van der Waals surface area contributed by atoms with Crippen LogP contribution in [-0.2, 0) is 0 Å². The first-order chi connectivity index (χ1) is 17.3. The number of rotatable bonds is 4. The fraction of sp³-hybridized carbons (Fsp3) is 0.133. The minimum absolute atomic E-state index is 0.890. The van der Waals surface area contributed by atoms with Gasteiger partial charge < -0.3 is 9.55 Å². The number of nitrogens with zero attached hydrogens (tertiary/aromatic N) is 3. The molecule has 0 amide bonds. The number of hydrogen-bond acceptors (Lipinski definition) is 2. The minimum atomic E-state index is -1.87. The van der Waals surface area contributed by atoms with Crippen LogP contribution in [0.2, 0.25) is 12.1 Å². The number of imidazole rings is 1. The topological polar surface area (TPSA) is 46.5 Å². The lowest BCUT2D eigenvalue weighted by molar-refractivity contribution is 0.935. The van der Waals surface area contributed by atoms with E-state index in [1.165, 1.54) is 57.2 Å². The summed E-state index contributed by atoms with van der Waals surface area (Å²) in [7, 11) is -1.87. The molecule has 1 aliphatic heterocycles. The number of aromatic nitrogens is 4. The number of pyridine rings is 1. The zero-order valence-corrected chi connectivity index (χ0v) is 20.5. The second kappa shape index (κ2) is 8.07. The quantitative estimate of drug-likeness (QED) is 0.325. The molecule has 1 N–H and O–H groups in total. The molecule has 1 saturated heterocycles. The van der Waals surface area contributed by atoms with Gasteiger partial charge in [-0.05, 0) is 53.7 Å². The van der Waals surface area contributed by atoms with Gasteiger partial charge in [0.15, 0.2) is 0 Å². The maximum absolute atomic E-state index is 4.90. The summed E-state index contributed by atoms with van der Waals surface area (Å²) in [6.07, 6.45) is 8.25. The van der Waals surface area contributed by atoms with Gasteiger partial charge in [0.2, 0.25) is 0 Å². The van der Waals surface area contributed by atoms with Crippen molar-refractivity contribution >= 4 is 40.4 Å². The van der Waals surface area contributed by atoms with Crippen LogP contribution in [0, 0.1) is 0 Å². The predicted octanol–water partition coefficient (Wildman–Crippen LogP) is 5.93. The molecule has 0 unspecified atom stereocenters. The van der Waals surface area contributed by atoms with Crippen LogP contribution >= 0.6 is 0 Å². The van der Waals surface area contributed by atoms with Gasteiger partial charge in [0.25, 0.3) is 0 Å². The van der Waals surface area contributed by atoms with Crippen molar-refractivity contribution in [2.75, 3.05) is 0 Å². The van der Waals surface area contributed by atoms with E-state index in [1.807, 2.05) is 18.5 Å². The summed E-state index contributed by atoms with van der Waals surface area (Å²) in [5.74, 6) is 0.890. The molecule has 1 fully saturated rings. The van der Waals surface area contributed by atoms with E-state index in [-0.39, 0.29) is 0 Å². The molecule has 170 valence electrons. The number of nitrogens with one attached hydrogen (secondary N) is 1. The zero-order chi connectivity index (χ0) is 23.2. The van der Waals surface area contributed by atoms with Crippen LogP contribution in [0.15, 0.2) is 104 Å². The molecule has 7 rings (SSSR count). The summed E-state index contributed by atoms with van der Waals surface area (Å²) < 4.78 is 2.43. The third-order valence-corrected chi connectivity index (χ3v) is 12.8. The van der Waals surface area contributed by atoms with Crippen molar-refractivity contribution in [3.63, 3.8) is 0 Å². The smallest absolute Gasteiger partial charge is 0.141 e. The largest absolute Gasteiger partial charge is 0.345 e. The zero-order valence-electron chi connectivity index (χ0n) is 19.5. The lowest BCUT2D eigenvalue weighted by Crippen LogP contribution is -2.57. The fourth-order valence-corrected chi connectivity index (χ4v) is 11.0. The van der Waals surface area contributed by atoms with E-state index >= 15 is 0 Å². The van der Waals surface area contributed by atoms with E-state index in [2.05, 4.69) is 93.4 Å². The van der Waals surface area contributed by atoms with Gasteiger partial charge in [0.1, 0.15) is 13.9 Å². The third kappa shape index (κ3) is 3.19. The number of H-pyrrole nitrogens is 1. The second-order valence-corrected chi connectivity index (χ2v) is 13.8. The van der Waals surface area contributed by atoms with Crippen molar-refractivity contribution in [1.82, 2.24) is 19.5 Å². The molecular weight excluding hydrogens is 444 g/mol. The highest BCUT2D eigenvalue weighted by Crippen LogP contribution is 2.35. The van der Waals surface area contributed by atoms with Crippen molar-refractivity contribution in [2.45, 2.75) is 24.9 Å². The summed E-state index contributed by atoms with van der Waals surface area (Å²) in [4.78, 5) is 12.6. The molecule has 4 nitrogen and oxygen atoms in total. The molecule has 0 atom stereocenters. The average molecular weight is 471 g/mol. The van der Waals surface area contributed by atoms with Crippen molar-refractivity contribution in [3.8, 4) is 17.1 Å². The normalized spacial score (nSPS) is 15.2. The van der Waals surface area contributed by atoms with Crippen LogP contribution in [0.3, 0.4) is 0 Å². The molecule has 4 heterocycles. The Morgan fingerprint density at radius 3 is 2.40 bits per heavy atom. The highest BCUT2D eigenvalue weighted by atomic mass is 28.3. The molecule has 0 radical (unpaired) electrons. The maximum atomic E-state index is 4.90. The summed E-state index contributed by atoms with van der Waals surface area (Å²) in [5, 5.41) is 5.43. The van der Waals surface area contributed by atoms with Crippen LogP contribution in [-0.4, -0.2) is 27.6 Å². The molecule has 3 aromatic heterocycles. The standard InChI is InChI=1S/C30H26N4Si/c1-2-11-27-25(10-1)26-14-13-24(35(18-5-6-19-35)29-12-3-4-15-31-29)21-28(26)34(27)23-9-7-8-22(20-23)30-32-16-17-33-30/h1-4,7-17,20-21H,5-6,18-19H2,(H,32,33). The summed E-state index contributed by atoms with van der Waals surface area (Å²) in [5.41, 5.74) is 4.75. The van der Waals surface area contributed by atoms with Crippen LogP contribution < -0.4 is 10.5 Å². The van der Waals surface area contributed by atoms with Crippen molar-refractivity contribution in [1.29, 1.82) is 0 Å². The van der Waals surface area contributed by atoms with Gasteiger partial charge in [-0.15, -0.1) is 0 Å². The Morgan fingerprint density at radius 2 is 1.57 bits per heavy atom. The Labute approximate surface area is 205 Å². The molecule has 5 heteroatoms. The van der Waals surface area contributed by atoms with Gasteiger partial charge in [-0.25, -0.2) is 4.98 Å². The highest BCUT2D eigenvalue weighted by Gasteiger charge is 2.41. The molecule has 35 heavy (non-hydrogen) atoms. The molecule has 1 aliphatic rings. The fourth-order valence-electron chi connectivity index (χ4n) is 6.08. The van der Waals surface area contributed by atoms with Gasteiger partial charge in [0.05, 0.1) is 11.0 Å². The van der Waals surface area contributed by atoms with Gasteiger partial charge in [-0.2, -0.15) is 0 Å². The van der Waals surface area contributed by atoms with Crippen molar-refractivity contribution in [2.24, 2.45) is 0 Å². The Hall–Kier alpha value is -3.96. The summed E-state index contributed by atoms with van der Waals surface area (Å²) in [6, 6.07) is 33.7. The SMILES string of the molecule is c1ccc([Si]2(c3ccc4c5ccccc5n(-c5cccc(-c6ncc[nH]6)c5)c4c3)CCCC2)nc1. The molecule has 6 aromatic rings. The number of hydrogen-bond donors (Lipinski definition) is 1. The Morgan fingerprint density at radius 1 is 0.714 bits per heavy atom. The van der Waals surface area contributed by atoms with E-state index in [4.69, 9.17) is 4.98 Å². The monoisotopic (exact) mass is 470 g/mol. The van der Waals surface area contributed by atoms with Crippen molar-refractivity contribution in [3.05, 3.63) is 104 Å². The van der Waals surface area contributed by atoms with E-state index in [1.54, 1.807) is 6.20 Å². The van der Waals surface area contributed by atoms with Gasteiger partial charge in [-0.3, -0.25) is 4.98 Å². The van der Waals surface area contributed by atoms with Crippen LogP contribution in [0.1, 0.15) is 12.8 Å². The lowest BCUT2D eigenvalue weighted by atomic mass is 10.1. The maximum Gasteiger partial charge on any atom is 0.141 e. The highest BCUT2D eigenvalue weighted by molar-refractivity contribution is 7.02. The molecule has 0 aliphatic carbocycles. The number of para-hydroxylation sites is 1. The first kappa shape index (κ1) is 20.4. The first-order valence-electron chi connectivity index (χ1n) is 12.4. The van der Waals surface area contributed by atoms with Gasteiger partial charge in [-0.1, -0.05) is 61.4 Å². The first-order valence-corrected chi connectivity index (χ1v) is 14.8. The van der Waals surface area contributed by atoms with E-state index < -0.39 is 8.07 Å². The Balaban J connectivity index is 1.49. The van der Waals surface area contributed by atoms with Crippen LogP contribution in [0.25, 0.3) is 38.9 Å². The molecule has 0 spiro atoms. The van der Waals surface area contributed by atoms with E-state index in [0.29, 0.717) is 0 Å².